The quantitative estimate of drug-likeness (QED) is 0.682. The Labute approximate surface area is 90.4 Å². The highest BCUT2D eigenvalue weighted by Gasteiger charge is 2.36. The maximum atomic E-state index is 11.8. The van der Waals surface area contributed by atoms with Gasteiger partial charge in [0.05, 0.1) is 6.61 Å². The highest BCUT2D eigenvalue weighted by Crippen LogP contribution is 2.27. The molecular weight excluding hydrogens is 216 g/mol. The molecule has 3 N–H and O–H groups in total. The third kappa shape index (κ3) is 2.50. The predicted octanol–water partition coefficient (Wildman–Crippen LogP) is -0.568. The van der Waals surface area contributed by atoms with Crippen molar-refractivity contribution in [2.75, 3.05) is 19.8 Å². The molecule has 0 aromatic heterocycles. The Bertz CT molecular complexity index is 305. The minimum absolute atomic E-state index is 0.101. The van der Waals surface area contributed by atoms with Crippen LogP contribution in [-0.2, 0) is 14.8 Å². The number of ether oxygens (including phenoxy) is 1. The smallest absolute Gasteiger partial charge is 0.217 e. The fourth-order valence-corrected chi connectivity index (χ4v) is 3.64. The Morgan fingerprint density at radius 1 is 1.40 bits per heavy atom. The normalized spacial score (nSPS) is 36.5. The highest BCUT2D eigenvalue weighted by molar-refractivity contribution is 7.90. The van der Waals surface area contributed by atoms with Gasteiger partial charge in [-0.3, -0.25) is 0 Å². The van der Waals surface area contributed by atoms with Crippen LogP contribution in [-0.4, -0.2) is 39.5 Å². The van der Waals surface area contributed by atoms with E-state index >= 15 is 0 Å². The third-order valence-electron chi connectivity index (χ3n) is 3.23. The van der Waals surface area contributed by atoms with Crippen molar-refractivity contribution in [3.63, 3.8) is 0 Å². The summed E-state index contributed by atoms with van der Waals surface area (Å²) in [6, 6.07) is 0.101. The van der Waals surface area contributed by atoms with E-state index in [1.807, 2.05) is 0 Å². The van der Waals surface area contributed by atoms with Gasteiger partial charge in [0.25, 0.3) is 0 Å². The number of nitrogens with one attached hydrogen (secondary N) is 1. The van der Waals surface area contributed by atoms with Crippen LogP contribution in [0, 0.1) is 5.92 Å². The number of nitrogens with two attached hydrogens (primary N) is 1. The molecular formula is C9H18N2O3S. The molecule has 0 spiro atoms. The van der Waals surface area contributed by atoms with Crippen LogP contribution >= 0.6 is 0 Å². The van der Waals surface area contributed by atoms with Gasteiger partial charge in [-0.1, -0.05) is 0 Å². The zero-order valence-corrected chi connectivity index (χ0v) is 9.50. The predicted molar refractivity (Wildman–Crippen MR) is 56.8 cm³/mol. The second-order valence-electron chi connectivity index (χ2n) is 4.42. The van der Waals surface area contributed by atoms with E-state index in [9.17, 15) is 8.42 Å². The number of rotatable bonds is 4. The summed E-state index contributed by atoms with van der Waals surface area (Å²) in [7, 11) is -3.17. The van der Waals surface area contributed by atoms with Gasteiger partial charge >= 0.3 is 0 Å². The minimum atomic E-state index is -3.17. The molecule has 15 heavy (non-hydrogen) atoms. The summed E-state index contributed by atoms with van der Waals surface area (Å²) in [5.41, 5.74) is 5.48. The molecule has 0 amide bonds. The molecule has 1 saturated heterocycles. The first-order chi connectivity index (χ1) is 7.12. The Kier molecular flexibility index (Phi) is 3.30. The third-order valence-corrected chi connectivity index (χ3v) is 5.14. The molecule has 88 valence electrons. The van der Waals surface area contributed by atoms with Crippen molar-refractivity contribution in [2.24, 2.45) is 11.7 Å². The molecule has 1 aliphatic heterocycles. The lowest BCUT2D eigenvalue weighted by Crippen LogP contribution is -2.49. The molecule has 2 aliphatic rings. The second-order valence-corrected chi connectivity index (χ2v) is 6.41. The molecule has 5 nitrogen and oxygen atoms in total. The monoisotopic (exact) mass is 234 g/mol. The first kappa shape index (κ1) is 11.3. The summed E-state index contributed by atoms with van der Waals surface area (Å²) in [4.78, 5) is 0. The van der Waals surface area contributed by atoms with Crippen molar-refractivity contribution >= 4 is 10.0 Å². The zero-order valence-electron chi connectivity index (χ0n) is 8.69. The summed E-state index contributed by atoms with van der Waals surface area (Å²) in [6.45, 7) is 1.55. The average Bonchev–Trinajstić information content (AvgIpc) is 2.63. The topological polar surface area (TPSA) is 81.4 Å². The maximum Gasteiger partial charge on any atom is 0.217 e. The molecule has 2 rings (SSSR count). The number of hydrogen-bond acceptors (Lipinski definition) is 4. The highest BCUT2D eigenvalue weighted by atomic mass is 32.2. The van der Waals surface area contributed by atoms with E-state index in [0.29, 0.717) is 32.1 Å². The Balaban J connectivity index is 1.83. The maximum absolute atomic E-state index is 11.8. The Hall–Kier alpha value is -0.170. The van der Waals surface area contributed by atoms with Crippen molar-refractivity contribution in [3.8, 4) is 0 Å². The minimum Gasteiger partial charge on any atom is -0.380 e. The van der Waals surface area contributed by atoms with Crippen LogP contribution < -0.4 is 10.5 Å². The van der Waals surface area contributed by atoms with E-state index in [2.05, 4.69) is 4.72 Å². The van der Waals surface area contributed by atoms with Crippen molar-refractivity contribution in [2.45, 2.75) is 30.6 Å². The largest absolute Gasteiger partial charge is 0.380 e. The van der Waals surface area contributed by atoms with E-state index in [1.165, 1.54) is 0 Å². The van der Waals surface area contributed by atoms with Crippen molar-refractivity contribution < 1.29 is 13.2 Å². The van der Waals surface area contributed by atoms with Crippen molar-refractivity contribution in [1.82, 2.24) is 4.72 Å². The molecule has 1 heterocycles. The van der Waals surface area contributed by atoms with E-state index < -0.39 is 10.0 Å². The fourth-order valence-electron chi connectivity index (χ4n) is 2.11. The van der Waals surface area contributed by atoms with Crippen LogP contribution in [0.25, 0.3) is 0 Å². The van der Waals surface area contributed by atoms with Crippen molar-refractivity contribution in [1.29, 1.82) is 0 Å². The van der Waals surface area contributed by atoms with E-state index in [1.54, 1.807) is 0 Å². The molecule has 0 bridgehead atoms. The van der Waals surface area contributed by atoms with Gasteiger partial charge in [0.2, 0.25) is 10.0 Å². The van der Waals surface area contributed by atoms with Gasteiger partial charge in [-0.05, 0) is 31.7 Å². The summed E-state index contributed by atoms with van der Waals surface area (Å²) in [5.74, 6) is 0.498. The van der Waals surface area contributed by atoms with Gasteiger partial charge in [-0.15, -0.1) is 0 Å². The Morgan fingerprint density at radius 2 is 2.13 bits per heavy atom. The molecule has 1 aliphatic carbocycles. The molecule has 2 fully saturated rings. The summed E-state index contributed by atoms with van der Waals surface area (Å²) in [6.07, 6.45) is 2.37. The molecule has 0 aromatic rings. The van der Waals surface area contributed by atoms with E-state index in [4.69, 9.17) is 10.5 Å². The van der Waals surface area contributed by atoms with Crippen LogP contribution in [0.5, 0.6) is 0 Å². The summed E-state index contributed by atoms with van der Waals surface area (Å²) < 4.78 is 31.4. The molecule has 1 atom stereocenters. The van der Waals surface area contributed by atoms with Gasteiger partial charge < -0.3 is 10.5 Å². The van der Waals surface area contributed by atoms with Gasteiger partial charge in [-0.25, -0.2) is 13.1 Å². The van der Waals surface area contributed by atoms with Gasteiger partial charge in [-0.2, -0.15) is 0 Å². The molecule has 6 heteroatoms. The number of sulfonamides is 1. The summed E-state index contributed by atoms with van der Waals surface area (Å²) >= 11 is 0. The standard InChI is InChI=1S/C9H18N2O3S/c10-5-7-3-8(4-7)11-15(12,13)9-1-2-14-6-9/h7-9,11H,1-6,10H2. The first-order valence-corrected chi connectivity index (χ1v) is 6.95. The van der Waals surface area contributed by atoms with Gasteiger partial charge in [0.1, 0.15) is 5.25 Å². The molecule has 0 radical (unpaired) electrons. The van der Waals surface area contributed by atoms with E-state index in [0.717, 1.165) is 12.8 Å². The number of hydrogen-bond donors (Lipinski definition) is 2. The van der Waals surface area contributed by atoms with Crippen LogP contribution in [0.2, 0.25) is 0 Å². The van der Waals surface area contributed by atoms with Crippen LogP contribution in [0.4, 0.5) is 0 Å². The lowest BCUT2D eigenvalue weighted by atomic mass is 9.81. The van der Waals surface area contributed by atoms with Crippen LogP contribution in [0.1, 0.15) is 19.3 Å². The van der Waals surface area contributed by atoms with Gasteiger partial charge in [0.15, 0.2) is 0 Å². The van der Waals surface area contributed by atoms with Crippen LogP contribution in [0.15, 0.2) is 0 Å². The van der Waals surface area contributed by atoms with Gasteiger partial charge in [0, 0.05) is 12.6 Å². The lowest BCUT2D eigenvalue weighted by molar-refractivity contribution is 0.198. The van der Waals surface area contributed by atoms with E-state index in [-0.39, 0.29) is 11.3 Å². The zero-order chi connectivity index (χ0) is 10.9. The molecule has 0 aromatic carbocycles. The second kappa shape index (κ2) is 4.37. The summed E-state index contributed by atoms with van der Waals surface area (Å²) in [5, 5.41) is -0.352. The SMILES string of the molecule is NCC1CC(NS(=O)(=O)C2CCOC2)C1. The Morgan fingerprint density at radius 3 is 2.67 bits per heavy atom. The van der Waals surface area contributed by atoms with Crippen molar-refractivity contribution in [3.05, 3.63) is 0 Å². The fraction of sp³-hybridized carbons (Fsp3) is 1.00. The van der Waals surface area contributed by atoms with Crippen LogP contribution in [0.3, 0.4) is 0 Å². The lowest BCUT2D eigenvalue weighted by Gasteiger charge is -2.35. The first-order valence-electron chi connectivity index (χ1n) is 5.41. The average molecular weight is 234 g/mol. The molecule has 1 saturated carbocycles. The molecule has 1 unspecified atom stereocenters.